The third-order valence-corrected chi connectivity index (χ3v) is 4.24. The van der Waals surface area contributed by atoms with Gasteiger partial charge in [-0.3, -0.25) is 4.79 Å². The Morgan fingerprint density at radius 2 is 2.09 bits per heavy atom. The van der Waals surface area contributed by atoms with Crippen LogP contribution in [0.4, 0.5) is 0 Å². The molecule has 2 aromatic rings. The van der Waals surface area contributed by atoms with Crippen molar-refractivity contribution in [3.8, 4) is 0 Å². The second kappa shape index (κ2) is 8.70. The van der Waals surface area contributed by atoms with Crippen LogP contribution in [0.25, 0.3) is 0 Å². The molecule has 0 unspecified atom stereocenters. The molecule has 1 aromatic carbocycles. The quantitative estimate of drug-likeness (QED) is 0.525. The van der Waals surface area contributed by atoms with Crippen molar-refractivity contribution in [2.24, 2.45) is 0 Å². The van der Waals surface area contributed by atoms with Gasteiger partial charge in [0.25, 0.3) is 0 Å². The number of hydrogen-bond acceptors (Lipinski definition) is 5. The van der Waals surface area contributed by atoms with E-state index in [0.717, 1.165) is 23.6 Å². The van der Waals surface area contributed by atoms with E-state index in [4.69, 9.17) is 4.74 Å². The first kappa shape index (κ1) is 16.7. The third kappa shape index (κ3) is 4.68. The van der Waals surface area contributed by atoms with Gasteiger partial charge in [-0.05, 0) is 12.0 Å². The molecule has 0 aliphatic carbocycles. The van der Waals surface area contributed by atoms with Gasteiger partial charge in [-0.25, -0.2) is 0 Å². The van der Waals surface area contributed by atoms with E-state index in [2.05, 4.69) is 17.1 Å². The van der Waals surface area contributed by atoms with Gasteiger partial charge in [-0.15, -0.1) is 10.2 Å². The number of methoxy groups -OCH3 is 1. The van der Waals surface area contributed by atoms with Crippen LogP contribution in [-0.4, -0.2) is 40.0 Å². The first-order valence-corrected chi connectivity index (χ1v) is 8.34. The first-order valence-electron chi connectivity index (χ1n) is 7.36. The molecule has 0 saturated heterocycles. The highest BCUT2D eigenvalue weighted by Gasteiger charge is 2.10. The zero-order valence-electron chi connectivity index (χ0n) is 13.0. The molecule has 2 rings (SSSR count). The summed E-state index contributed by atoms with van der Waals surface area (Å²) in [5.41, 5.74) is 2.02. The second-order valence-corrected chi connectivity index (χ2v) is 5.90. The number of benzene rings is 1. The van der Waals surface area contributed by atoms with E-state index in [9.17, 15) is 4.79 Å². The number of aromatic nitrogens is 3. The number of rotatable bonds is 9. The van der Waals surface area contributed by atoms with Gasteiger partial charge in [0.05, 0.1) is 12.4 Å². The van der Waals surface area contributed by atoms with Gasteiger partial charge >= 0.3 is 0 Å². The normalized spacial score (nSPS) is 10.8. The summed E-state index contributed by atoms with van der Waals surface area (Å²) >= 11 is 1.41. The molecule has 22 heavy (non-hydrogen) atoms. The summed E-state index contributed by atoms with van der Waals surface area (Å²) in [5, 5.41) is 8.67. The van der Waals surface area contributed by atoms with Crippen LogP contribution in [0.15, 0.2) is 35.7 Å². The van der Waals surface area contributed by atoms with E-state index in [1.54, 1.807) is 13.4 Å². The maximum Gasteiger partial charge on any atom is 0.191 e. The van der Waals surface area contributed by atoms with E-state index in [1.165, 1.54) is 17.3 Å². The summed E-state index contributed by atoms with van der Waals surface area (Å²) in [6, 6.07) is 7.87. The minimum absolute atomic E-state index is 0.106. The molecular weight excluding hydrogens is 298 g/mol. The molecule has 0 amide bonds. The molecule has 0 N–H and O–H groups in total. The number of hydrogen-bond donors (Lipinski definition) is 0. The third-order valence-electron chi connectivity index (χ3n) is 3.26. The van der Waals surface area contributed by atoms with Crippen molar-refractivity contribution in [2.45, 2.75) is 31.5 Å². The van der Waals surface area contributed by atoms with Gasteiger partial charge in [-0.1, -0.05) is 49.4 Å². The highest BCUT2D eigenvalue weighted by Crippen LogP contribution is 2.17. The fourth-order valence-corrected chi connectivity index (χ4v) is 2.89. The standard InChI is InChI=1S/C16H21N3O2S/c1-3-4-13-5-7-14(8-6-13)15(20)11-22-16-18-17-12-19(16)9-10-21-2/h5-8,12H,3-4,9-11H2,1-2H3. The van der Waals surface area contributed by atoms with Crippen molar-refractivity contribution in [1.82, 2.24) is 14.8 Å². The first-order chi connectivity index (χ1) is 10.7. The molecular formula is C16H21N3O2S. The number of thioether (sulfide) groups is 1. The topological polar surface area (TPSA) is 57.0 Å². The van der Waals surface area contributed by atoms with Crippen molar-refractivity contribution in [2.75, 3.05) is 19.5 Å². The smallest absolute Gasteiger partial charge is 0.191 e. The number of carbonyl (C=O) groups excluding carboxylic acids is 1. The average molecular weight is 319 g/mol. The molecule has 0 radical (unpaired) electrons. The minimum atomic E-state index is 0.106. The Morgan fingerprint density at radius 1 is 1.32 bits per heavy atom. The van der Waals surface area contributed by atoms with Crippen LogP contribution >= 0.6 is 11.8 Å². The Morgan fingerprint density at radius 3 is 2.77 bits per heavy atom. The zero-order chi connectivity index (χ0) is 15.8. The van der Waals surface area contributed by atoms with Gasteiger partial charge in [0, 0.05) is 19.2 Å². The molecule has 6 heteroatoms. The monoisotopic (exact) mass is 319 g/mol. The van der Waals surface area contributed by atoms with Gasteiger partial charge in [0.15, 0.2) is 10.9 Å². The maximum absolute atomic E-state index is 12.2. The summed E-state index contributed by atoms with van der Waals surface area (Å²) in [6.45, 7) is 3.43. The van der Waals surface area contributed by atoms with Crippen molar-refractivity contribution >= 4 is 17.5 Å². The average Bonchev–Trinajstić information content (AvgIpc) is 2.99. The highest BCUT2D eigenvalue weighted by molar-refractivity contribution is 7.99. The van der Waals surface area contributed by atoms with Crippen LogP contribution in [0.5, 0.6) is 0 Å². The molecule has 0 saturated carbocycles. The number of ether oxygens (including phenoxy) is 1. The van der Waals surface area contributed by atoms with Crippen molar-refractivity contribution < 1.29 is 9.53 Å². The van der Waals surface area contributed by atoms with Gasteiger partial charge in [-0.2, -0.15) is 0 Å². The van der Waals surface area contributed by atoms with Gasteiger partial charge in [0.2, 0.25) is 0 Å². The Balaban J connectivity index is 1.91. The Hall–Kier alpha value is -1.66. The summed E-state index contributed by atoms with van der Waals surface area (Å²) in [6.07, 6.45) is 3.82. The number of nitrogens with zero attached hydrogens (tertiary/aromatic N) is 3. The lowest BCUT2D eigenvalue weighted by Gasteiger charge is -2.05. The molecule has 0 aliphatic heterocycles. The minimum Gasteiger partial charge on any atom is -0.383 e. The lowest BCUT2D eigenvalue weighted by Crippen LogP contribution is -2.07. The Bertz CT molecular complexity index is 596. The summed E-state index contributed by atoms with van der Waals surface area (Å²) < 4.78 is 6.94. The lowest BCUT2D eigenvalue weighted by molar-refractivity contribution is 0.102. The van der Waals surface area contributed by atoms with E-state index in [0.29, 0.717) is 18.9 Å². The molecule has 0 bridgehead atoms. The molecule has 0 aliphatic rings. The van der Waals surface area contributed by atoms with Gasteiger partial charge < -0.3 is 9.30 Å². The number of ketones is 1. The van der Waals surface area contributed by atoms with Crippen molar-refractivity contribution in [1.29, 1.82) is 0 Å². The fourth-order valence-electron chi connectivity index (χ4n) is 2.06. The fraction of sp³-hybridized carbons (Fsp3) is 0.438. The number of aryl methyl sites for hydroxylation is 1. The summed E-state index contributed by atoms with van der Waals surface area (Å²) in [4.78, 5) is 12.2. The van der Waals surface area contributed by atoms with Crippen LogP contribution in [0.2, 0.25) is 0 Å². The summed E-state index contributed by atoms with van der Waals surface area (Å²) in [7, 11) is 1.66. The zero-order valence-corrected chi connectivity index (χ0v) is 13.8. The predicted molar refractivity (Wildman–Crippen MR) is 87.4 cm³/mol. The van der Waals surface area contributed by atoms with Crippen LogP contribution < -0.4 is 0 Å². The van der Waals surface area contributed by atoms with Crippen LogP contribution in [0.3, 0.4) is 0 Å². The van der Waals surface area contributed by atoms with Gasteiger partial charge in [0.1, 0.15) is 6.33 Å². The SMILES string of the molecule is CCCc1ccc(C(=O)CSc2nncn2CCOC)cc1. The Labute approximate surface area is 135 Å². The van der Waals surface area contributed by atoms with Crippen LogP contribution in [-0.2, 0) is 17.7 Å². The predicted octanol–water partition coefficient (Wildman–Crippen LogP) is 2.85. The van der Waals surface area contributed by atoms with Crippen LogP contribution in [0, 0.1) is 0 Å². The van der Waals surface area contributed by atoms with E-state index >= 15 is 0 Å². The molecule has 118 valence electrons. The lowest BCUT2D eigenvalue weighted by atomic mass is 10.1. The number of Topliss-reactive ketones (excluding diaryl/α,β-unsaturated/α-hetero) is 1. The molecule has 1 aromatic heterocycles. The van der Waals surface area contributed by atoms with Crippen LogP contribution in [0.1, 0.15) is 29.3 Å². The summed E-state index contributed by atoms with van der Waals surface area (Å²) in [5.74, 6) is 0.466. The molecule has 0 atom stereocenters. The van der Waals surface area contributed by atoms with Crippen molar-refractivity contribution in [3.05, 3.63) is 41.7 Å². The van der Waals surface area contributed by atoms with E-state index in [-0.39, 0.29) is 5.78 Å². The highest BCUT2D eigenvalue weighted by atomic mass is 32.2. The maximum atomic E-state index is 12.2. The Kier molecular flexibility index (Phi) is 6.61. The molecule has 0 spiro atoms. The molecule has 0 fully saturated rings. The van der Waals surface area contributed by atoms with E-state index < -0.39 is 0 Å². The molecule has 1 heterocycles. The van der Waals surface area contributed by atoms with Crippen molar-refractivity contribution in [3.63, 3.8) is 0 Å². The molecule has 5 nitrogen and oxygen atoms in total. The number of carbonyl (C=O) groups is 1. The van der Waals surface area contributed by atoms with E-state index in [1.807, 2.05) is 28.8 Å². The largest absolute Gasteiger partial charge is 0.383 e. The second-order valence-electron chi connectivity index (χ2n) is 4.96.